The fourth-order valence-electron chi connectivity index (χ4n) is 7.68. The number of benzene rings is 6. The number of hydrogen-bond donors (Lipinski definition) is 0. The van der Waals surface area contributed by atoms with E-state index in [1.54, 1.807) is 17.7 Å². The normalized spacial score (nSPS) is 12.3. The second-order valence-corrected chi connectivity index (χ2v) is 13.8. The van der Waals surface area contributed by atoms with Crippen LogP contribution in [0, 0.1) is 0 Å². The van der Waals surface area contributed by atoms with Gasteiger partial charge in [0.15, 0.2) is 0 Å². The Bertz CT molecular complexity index is 3030. The van der Waals surface area contributed by atoms with Crippen LogP contribution in [0.15, 0.2) is 134 Å². The molecule has 5 aromatic heterocycles. The predicted octanol–water partition coefficient (Wildman–Crippen LogP) is 11.4. The highest BCUT2D eigenvalue weighted by Gasteiger charge is 2.27. The van der Waals surface area contributed by atoms with E-state index in [0.29, 0.717) is 0 Å². The Hall–Kier alpha value is -5.56. The van der Waals surface area contributed by atoms with Crippen molar-refractivity contribution >= 4 is 107 Å². The highest BCUT2D eigenvalue weighted by molar-refractivity contribution is 7.27. The van der Waals surface area contributed by atoms with Crippen LogP contribution < -0.4 is 0 Å². The summed E-state index contributed by atoms with van der Waals surface area (Å²) < 4.78 is 8.85. The Labute approximate surface area is 270 Å². The Kier molecular flexibility index (Phi) is 4.84. The van der Waals surface area contributed by atoms with Gasteiger partial charge in [-0.25, -0.2) is 9.97 Å². The maximum atomic E-state index is 4.79. The molecule has 0 saturated carbocycles. The molecule has 5 heterocycles. The zero-order valence-corrected chi connectivity index (χ0v) is 25.9. The van der Waals surface area contributed by atoms with E-state index in [1.165, 1.54) is 79.6 Å². The maximum absolute atomic E-state index is 4.79. The first-order valence-electron chi connectivity index (χ1n) is 15.3. The minimum atomic E-state index is 1.01. The van der Waals surface area contributed by atoms with Gasteiger partial charge < -0.3 is 9.13 Å². The van der Waals surface area contributed by atoms with Gasteiger partial charge in [-0.3, -0.25) is 0 Å². The predicted molar refractivity (Wildman–Crippen MR) is 196 cm³/mol. The zero-order valence-electron chi connectivity index (χ0n) is 24.3. The fourth-order valence-corrected chi connectivity index (χ4v) is 10.1. The van der Waals surface area contributed by atoms with Crippen LogP contribution in [0.4, 0.5) is 0 Å². The van der Waals surface area contributed by atoms with E-state index in [4.69, 9.17) is 4.98 Å². The standard InChI is InChI=1S/C40H22N4S2/c1-2-11-23(12-3-1)43-29-17-7-4-14-26(29)33-36(43)35-28-21-41-22-42-40(28)46-39(35)34-27-15-5-8-18-30(27)44(37(33)34)31-19-10-16-25-24-13-6-9-20-32(24)45-38(25)31/h1-22H. The average Bonchev–Trinajstić information content (AvgIpc) is 3.86. The second kappa shape index (κ2) is 9.01. The van der Waals surface area contributed by atoms with Crippen molar-refractivity contribution in [3.8, 4) is 11.4 Å². The zero-order chi connectivity index (χ0) is 29.9. The lowest BCUT2D eigenvalue weighted by atomic mass is 10.0. The van der Waals surface area contributed by atoms with E-state index >= 15 is 0 Å². The van der Waals surface area contributed by atoms with Gasteiger partial charge in [-0.2, -0.15) is 0 Å². The molecule has 0 fully saturated rings. The van der Waals surface area contributed by atoms with Crippen LogP contribution in [0.25, 0.3) is 95.5 Å². The third kappa shape index (κ3) is 3.07. The van der Waals surface area contributed by atoms with E-state index in [2.05, 4.69) is 135 Å². The van der Waals surface area contributed by atoms with Crippen molar-refractivity contribution in [1.29, 1.82) is 0 Å². The summed E-state index contributed by atoms with van der Waals surface area (Å²) in [6, 6.07) is 44.1. The molecule has 11 aromatic rings. The van der Waals surface area contributed by atoms with Crippen LogP contribution in [-0.4, -0.2) is 19.1 Å². The molecule has 0 saturated heterocycles. The van der Waals surface area contributed by atoms with Crippen molar-refractivity contribution < 1.29 is 0 Å². The lowest BCUT2D eigenvalue weighted by Gasteiger charge is -2.12. The van der Waals surface area contributed by atoms with Gasteiger partial charge in [-0.15, -0.1) is 22.7 Å². The largest absolute Gasteiger partial charge is 0.308 e. The molecule has 0 aliphatic rings. The first-order valence-corrected chi connectivity index (χ1v) is 17.0. The Morgan fingerprint density at radius 1 is 0.478 bits per heavy atom. The van der Waals surface area contributed by atoms with Crippen LogP contribution in [0.2, 0.25) is 0 Å². The third-order valence-corrected chi connectivity index (χ3v) is 11.8. The van der Waals surface area contributed by atoms with Gasteiger partial charge in [-0.05, 0) is 36.4 Å². The summed E-state index contributed by atoms with van der Waals surface area (Å²) in [5.74, 6) is 0. The maximum Gasteiger partial charge on any atom is 0.127 e. The smallest absolute Gasteiger partial charge is 0.127 e. The number of para-hydroxylation sites is 3. The number of thiophene rings is 2. The molecule has 0 amide bonds. The van der Waals surface area contributed by atoms with Gasteiger partial charge >= 0.3 is 0 Å². The van der Waals surface area contributed by atoms with E-state index in [-0.39, 0.29) is 0 Å². The van der Waals surface area contributed by atoms with E-state index < -0.39 is 0 Å². The van der Waals surface area contributed by atoms with E-state index in [0.717, 1.165) is 15.9 Å². The van der Waals surface area contributed by atoms with Crippen molar-refractivity contribution in [1.82, 2.24) is 19.1 Å². The molecule has 6 aromatic carbocycles. The van der Waals surface area contributed by atoms with Crippen LogP contribution in [0.5, 0.6) is 0 Å². The number of nitrogens with zero attached hydrogens (tertiary/aromatic N) is 4. The summed E-state index contributed by atoms with van der Waals surface area (Å²) in [6.07, 6.45) is 3.67. The summed E-state index contributed by atoms with van der Waals surface area (Å²) in [4.78, 5) is 10.3. The average molecular weight is 623 g/mol. The summed E-state index contributed by atoms with van der Waals surface area (Å²) in [7, 11) is 0. The molecule has 0 atom stereocenters. The van der Waals surface area contributed by atoms with Crippen LogP contribution in [-0.2, 0) is 0 Å². The molecule has 11 rings (SSSR count). The molecule has 0 unspecified atom stereocenters. The second-order valence-electron chi connectivity index (χ2n) is 11.8. The molecule has 6 heteroatoms. The molecule has 0 N–H and O–H groups in total. The molecule has 0 aliphatic carbocycles. The van der Waals surface area contributed by atoms with Crippen molar-refractivity contribution in [3.05, 3.63) is 134 Å². The first kappa shape index (κ1) is 24.7. The Balaban J connectivity index is 1.49. The summed E-state index contributed by atoms with van der Waals surface area (Å²) in [5, 5.41) is 9.92. The minimum Gasteiger partial charge on any atom is -0.308 e. The molecular weight excluding hydrogens is 601 g/mol. The van der Waals surface area contributed by atoms with Crippen molar-refractivity contribution in [3.63, 3.8) is 0 Å². The monoisotopic (exact) mass is 622 g/mol. The Morgan fingerprint density at radius 2 is 1.13 bits per heavy atom. The SMILES string of the molecule is c1ccc(-n2c3ccccc3c3c4c(c5ccccc5n4-c4cccc5c4sc4ccccc45)c4sc5ncncc5c4c32)cc1. The molecule has 0 bridgehead atoms. The minimum absolute atomic E-state index is 1.01. The number of fused-ring (bicyclic) bond motifs is 15. The van der Waals surface area contributed by atoms with Crippen LogP contribution >= 0.6 is 22.7 Å². The summed E-state index contributed by atoms with van der Waals surface area (Å²) in [6.45, 7) is 0. The third-order valence-electron chi connectivity index (χ3n) is 9.46. The van der Waals surface area contributed by atoms with Crippen molar-refractivity contribution in [2.45, 2.75) is 0 Å². The lowest BCUT2D eigenvalue weighted by Crippen LogP contribution is -1.96. The molecule has 46 heavy (non-hydrogen) atoms. The van der Waals surface area contributed by atoms with Gasteiger partial charge in [0.05, 0.1) is 32.5 Å². The first-order chi connectivity index (χ1) is 22.9. The summed E-state index contributed by atoms with van der Waals surface area (Å²) in [5.41, 5.74) is 7.17. The van der Waals surface area contributed by atoms with Gasteiger partial charge in [-0.1, -0.05) is 84.9 Å². The van der Waals surface area contributed by atoms with Gasteiger partial charge in [0.25, 0.3) is 0 Å². The number of rotatable bonds is 2. The van der Waals surface area contributed by atoms with Crippen molar-refractivity contribution in [2.75, 3.05) is 0 Å². The molecular formula is C40H22N4S2. The topological polar surface area (TPSA) is 35.6 Å². The van der Waals surface area contributed by atoms with E-state index in [9.17, 15) is 0 Å². The highest BCUT2D eigenvalue weighted by atomic mass is 32.1. The molecule has 0 spiro atoms. The quantitative estimate of drug-likeness (QED) is 0.192. The molecule has 0 radical (unpaired) electrons. The number of hydrogen-bond acceptors (Lipinski definition) is 4. The Morgan fingerprint density at radius 3 is 1.98 bits per heavy atom. The highest BCUT2D eigenvalue weighted by Crippen LogP contribution is 2.51. The van der Waals surface area contributed by atoms with E-state index in [1.807, 2.05) is 17.5 Å². The van der Waals surface area contributed by atoms with Crippen molar-refractivity contribution in [2.24, 2.45) is 0 Å². The lowest BCUT2D eigenvalue weighted by molar-refractivity contribution is 1.18. The fraction of sp³-hybridized carbons (Fsp3) is 0. The molecule has 0 aliphatic heterocycles. The summed E-state index contributed by atoms with van der Waals surface area (Å²) >= 11 is 3.66. The van der Waals surface area contributed by atoms with Gasteiger partial charge in [0, 0.05) is 64.4 Å². The van der Waals surface area contributed by atoms with Gasteiger partial charge in [0.2, 0.25) is 0 Å². The van der Waals surface area contributed by atoms with Crippen LogP contribution in [0.3, 0.4) is 0 Å². The van der Waals surface area contributed by atoms with Gasteiger partial charge in [0.1, 0.15) is 11.2 Å². The number of aromatic nitrogens is 4. The molecule has 4 nitrogen and oxygen atoms in total. The molecule has 214 valence electrons. The van der Waals surface area contributed by atoms with Crippen LogP contribution in [0.1, 0.15) is 0 Å².